The fourth-order valence-corrected chi connectivity index (χ4v) is 0.700. The molecular weight excluding hydrogens is 146 g/mol. The first-order chi connectivity index (χ1) is 5.39. The minimum atomic E-state index is -0.254. The summed E-state index contributed by atoms with van der Waals surface area (Å²) < 4.78 is 0. The Morgan fingerprint density at radius 3 is 2.42 bits per heavy atom. The Morgan fingerprint density at radius 2 is 2.08 bits per heavy atom. The van der Waals surface area contributed by atoms with E-state index >= 15 is 0 Å². The van der Waals surface area contributed by atoms with Gasteiger partial charge in [-0.2, -0.15) is 0 Å². The van der Waals surface area contributed by atoms with Crippen LogP contribution in [0.3, 0.4) is 0 Å². The molecule has 0 aliphatic rings. The van der Waals surface area contributed by atoms with Crippen LogP contribution >= 0.6 is 0 Å². The summed E-state index contributed by atoms with van der Waals surface area (Å²) in [5, 5.41) is 0. The summed E-state index contributed by atoms with van der Waals surface area (Å²) >= 11 is 0. The Balaban J connectivity index is 4.12. The fraction of sp³-hybridized carbons (Fsp3) is 0.636. The van der Waals surface area contributed by atoms with Crippen molar-refractivity contribution >= 4 is 0 Å². The van der Waals surface area contributed by atoms with Crippen LogP contribution in [0.2, 0.25) is 0 Å². The van der Waals surface area contributed by atoms with Gasteiger partial charge in [-0.3, -0.25) is 0 Å². The molecule has 0 aromatic carbocycles. The lowest BCUT2D eigenvalue weighted by molar-refractivity contribution is 0.589. The van der Waals surface area contributed by atoms with Gasteiger partial charge in [0.2, 0.25) is 0 Å². The molecule has 1 atom stereocenters. The molecule has 0 aliphatic carbocycles. The maximum absolute atomic E-state index is 5.90. The van der Waals surface area contributed by atoms with Crippen LogP contribution in [0.1, 0.15) is 34.1 Å². The van der Waals surface area contributed by atoms with Gasteiger partial charge in [0.1, 0.15) is 0 Å². The van der Waals surface area contributed by atoms with E-state index in [2.05, 4.69) is 33.4 Å². The third-order valence-corrected chi connectivity index (χ3v) is 2.24. The first-order valence-electron chi connectivity index (χ1n) is 4.48. The molecule has 0 fully saturated rings. The van der Waals surface area contributed by atoms with Crippen molar-refractivity contribution in [2.24, 2.45) is 11.7 Å². The van der Waals surface area contributed by atoms with Crippen molar-refractivity contribution < 1.29 is 0 Å². The van der Waals surface area contributed by atoms with E-state index in [1.54, 1.807) is 6.08 Å². The van der Waals surface area contributed by atoms with Crippen molar-refractivity contribution in [2.75, 3.05) is 0 Å². The van der Waals surface area contributed by atoms with Crippen molar-refractivity contribution in [3.8, 4) is 0 Å². The van der Waals surface area contributed by atoms with Crippen molar-refractivity contribution in [3.05, 3.63) is 24.3 Å². The van der Waals surface area contributed by atoms with E-state index in [-0.39, 0.29) is 5.54 Å². The van der Waals surface area contributed by atoms with Crippen molar-refractivity contribution in [2.45, 2.75) is 39.7 Å². The van der Waals surface area contributed by atoms with E-state index in [0.717, 1.165) is 6.42 Å². The molecule has 1 unspecified atom stereocenters. The molecule has 0 saturated carbocycles. The monoisotopic (exact) mass is 167 g/mol. The highest BCUT2D eigenvalue weighted by molar-refractivity contribution is 5.08. The Kier molecular flexibility index (Phi) is 4.25. The third-order valence-electron chi connectivity index (χ3n) is 2.24. The topological polar surface area (TPSA) is 26.0 Å². The zero-order chi connectivity index (χ0) is 9.78. The van der Waals surface area contributed by atoms with Crippen LogP contribution in [0.5, 0.6) is 0 Å². The first-order valence-corrected chi connectivity index (χ1v) is 4.48. The SMILES string of the molecule is C=CC(C)(N)C/C=C(\C)C(C)C. The minimum Gasteiger partial charge on any atom is -0.322 e. The van der Waals surface area contributed by atoms with Gasteiger partial charge in [0.25, 0.3) is 0 Å². The van der Waals surface area contributed by atoms with E-state index in [4.69, 9.17) is 5.73 Å². The average Bonchev–Trinajstić information content (AvgIpc) is 2.00. The summed E-state index contributed by atoms with van der Waals surface area (Å²) in [5.41, 5.74) is 7.04. The molecule has 0 aliphatic heterocycles. The minimum absolute atomic E-state index is 0.254. The molecule has 1 heteroatoms. The van der Waals surface area contributed by atoms with Crippen molar-refractivity contribution in [3.63, 3.8) is 0 Å². The molecular formula is C11H21N. The van der Waals surface area contributed by atoms with Crippen LogP contribution < -0.4 is 5.73 Å². The molecule has 12 heavy (non-hydrogen) atoms. The quantitative estimate of drug-likeness (QED) is 0.640. The number of rotatable bonds is 4. The second-order valence-corrected chi connectivity index (χ2v) is 4.02. The van der Waals surface area contributed by atoms with E-state index in [1.165, 1.54) is 5.57 Å². The summed E-state index contributed by atoms with van der Waals surface area (Å²) in [7, 11) is 0. The molecule has 70 valence electrons. The number of allylic oxidation sites excluding steroid dienone is 1. The standard InChI is InChI=1S/C11H21N/c1-6-11(5,12)8-7-10(4)9(2)3/h6-7,9H,1,8,12H2,2-5H3/b10-7+. The van der Waals surface area contributed by atoms with Crippen LogP contribution in [0, 0.1) is 5.92 Å². The zero-order valence-electron chi connectivity index (χ0n) is 8.72. The van der Waals surface area contributed by atoms with Crippen LogP contribution in [-0.4, -0.2) is 5.54 Å². The highest BCUT2D eigenvalue weighted by Gasteiger charge is 2.10. The van der Waals surface area contributed by atoms with Gasteiger partial charge in [0, 0.05) is 5.54 Å². The van der Waals surface area contributed by atoms with Crippen LogP contribution in [-0.2, 0) is 0 Å². The molecule has 0 aromatic rings. The van der Waals surface area contributed by atoms with Gasteiger partial charge >= 0.3 is 0 Å². The zero-order valence-corrected chi connectivity index (χ0v) is 8.72. The predicted molar refractivity (Wildman–Crippen MR) is 56.0 cm³/mol. The van der Waals surface area contributed by atoms with Gasteiger partial charge < -0.3 is 5.73 Å². The van der Waals surface area contributed by atoms with Gasteiger partial charge in [-0.1, -0.05) is 31.6 Å². The summed E-state index contributed by atoms with van der Waals surface area (Å²) in [6.45, 7) is 12.2. The molecule has 0 saturated heterocycles. The van der Waals surface area contributed by atoms with Crippen LogP contribution in [0.25, 0.3) is 0 Å². The molecule has 0 heterocycles. The van der Waals surface area contributed by atoms with Gasteiger partial charge in [0.15, 0.2) is 0 Å². The Bertz CT molecular complexity index is 175. The van der Waals surface area contributed by atoms with Crippen molar-refractivity contribution in [1.82, 2.24) is 0 Å². The maximum atomic E-state index is 5.90. The summed E-state index contributed by atoms with van der Waals surface area (Å²) in [4.78, 5) is 0. The van der Waals surface area contributed by atoms with Crippen molar-refractivity contribution in [1.29, 1.82) is 0 Å². The Hall–Kier alpha value is -0.560. The van der Waals surface area contributed by atoms with E-state index in [1.807, 2.05) is 6.92 Å². The Labute approximate surface area is 76.3 Å². The van der Waals surface area contributed by atoms with Crippen LogP contribution in [0.15, 0.2) is 24.3 Å². The fourth-order valence-electron chi connectivity index (χ4n) is 0.700. The third kappa shape index (κ3) is 4.35. The second kappa shape index (κ2) is 4.46. The molecule has 1 nitrogen and oxygen atoms in total. The normalized spacial score (nSPS) is 17.7. The lowest BCUT2D eigenvalue weighted by atomic mass is 9.95. The lowest BCUT2D eigenvalue weighted by Gasteiger charge is -2.18. The van der Waals surface area contributed by atoms with E-state index < -0.39 is 0 Å². The molecule has 2 N–H and O–H groups in total. The number of nitrogens with two attached hydrogens (primary N) is 1. The highest BCUT2D eigenvalue weighted by Crippen LogP contribution is 2.13. The Morgan fingerprint density at radius 1 is 1.58 bits per heavy atom. The second-order valence-electron chi connectivity index (χ2n) is 4.02. The highest BCUT2D eigenvalue weighted by atomic mass is 14.7. The molecule has 0 amide bonds. The number of hydrogen-bond donors (Lipinski definition) is 1. The summed E-state index contributed by atoms with van der Waals surface area (Å²) in [6.07, 6.45) is 4.88. The van der Waals surface area contributed by atoms with E-state index in [0.29, 0.717) is 5.92 Å². The maximum Gasteiger partial charge on any atom is 0.0342 e. The molecule has 0 bridgehead atoms. The summed E-state index contributed by atoms with van der Waals surface area (Å²) in [5.74, 6) is 0.616. The molecule has 0 aromatic heterocycles. The van der Waals surface area contributed by atoms with Crippen LogP contribution in [0.4, 0.5) is 0 Å². The molecule has 0 rings (SSSR count). The smallest absolute Gasteiger partial charge is 0.0342 e. The first kappa shape index (κ1) is 11.4. The predicted octanol–water partition coefficient (Wildman–Crippen LogP) is 2.88. The summed E-state index contributed by atoms with van der Waals surface area (Å²) in [6, 6.07) is 0. The lowest BCUT2D eigenvalue weighted by Crippen LogP contribution is -2.32. The molecule has 0 spiro atoms. The van der Waals surface area contributed by atoms with Gasteiger partial charge in [-0.05, 0) is 26.2 Å². The number of hydrogen-bond acceptors (Lipinski definition) is 1. The molecule has 0 radical (unpaired) electrons. The van der Waals surface area contributed by atoms with Gasteiger partial charge in [-0.25, -0.2) is 0 Å². The van der Waals surface area contributed by atoms with E-state index in [9.17, 15) is 0 Å². The average molecular weight is 167 g/mol. The van der Waals surface area contributed by atoms with Gasteiger partial charge in [-0.15, -0.1) is 6.58 Å². The largest absolute Gasteiger partial charge is 0.322 e. The van der Waals surface area contributed by atoms with Gasteiger partial charge in [0.05, 0.1) is 0 Å².